The van der Waals surface area contributed by atoms with Crippen LogP contribution in [0.1, 0.15) is 29.2 Å². The van der Waals surface area contributed by atoms with E-state index < -0.39 is 11.9 Å². The van der Waals surface area contributed by atoms with Crippen LogP contribution in [0.3, 0.4) is 0 Å². The van der Waals surface area contributed by atoms with Crippen LogP contribution in [0.5, 0.6) is 0 Å². The van der Waals surface area contributed by atoms with Crippen LogP contribution in [0.15, 0.2) is 36.7 Å². The second kappa shape index (κ2) is 8.30. The molecule has 0 atom stereocenters. The van der Waals surface area contributed by atoms with Gasteiger partial charge in [0.25, 0.3) is 0 Å². The number of nitrogens with one attached hydrogen (secondary N) is 1. The van der Waals surface area contributed by atoms with Crippen molar-refractivity contribution in [1.29, 1.82) is 5.26 Å². The highest BCUT2D eigenvalue weighted by molar-refractivity contribution is 5.67. The molecule has 1 aromatic carbocycles. The number of rotatable bonds is 3. The van der Waals surface area contributed by atoms with E-state index in [1.165, 1.54) is 18.3 Å². The third-order valence-electron chi connectivity index (χ3n) is 2.96. The van der Waals surface area contributed by atoms with Crippen LogP contribution in [0.2, 0.25) is 0 Å². The van der Waals surface area contributed by atoms with Crippen molar-refractivity contribution in [2.75, 3.05) is 6.61 Å². The van der Waals surface area contributed by atoms with Gasteiger partial charge in [0.2, 0.25) is 0 Å². The van der Waals surface area contributed by atoms with Crippen molar-refractivity contribution in [2.24, 2.45) is 0 Å². The summed E-state index contributed by atoms with van der Waals surface area (Å²) in [6, 6.07) is 7.98. The molecule has 0 aliphatic heterocycles. The minimum atomic E-state index is -0.604. The topological polar surface area (TPSA) is 75.0 Å². The zero-order chi connectivity index (χ0) is 17.4. The van der Waals surface area contributed by atoms with Crippen molar-refractivity contribution in [2.45, 2.75) is 13.5 Å². The Morgan fingerprint density at radius 3 is 2.75 bits per heavy atom. The van der Waals surface area contributed by atoms with Gasteiger partial charge < -0.3 is 10.1 Å². The van der Waals surface area contributed by atoms with Gasteiger partial charge >= 0.3 is 6.09 Å². The SMILES string of the molecule is CCOC(=O)NCc1cc(C#Cc2cncc(C#N)c2)ccc1F. The number of carbonyl (C=O) groups is 1. The van der Waals surface area contributed by atoms with Gasteiger partial charge in [0, 0.05) is 35.6 Å². The van der Waals surface area contributed by atoms with E-state index in [2.05, 4.69) is 22.1 Å². The number of alkyl carbamates (subject to hydrolysis) is 1. The van der Waals surface area contributed by atoms with Crippen LogP contribution in [0.4, 0.5) is 9.18 Å². The van der Waals surface area contributed by atoms with Gasteiger partial charge in [-0.15, -0.1) is 0 Å². The van der Waals surface area contributed by atoms with Gasteiger partial charge in [-0.25, -0.2) is 9.18 Å². The molecule has 0 bridgehead atoms. The number of halogens is 1. The standard InChI is InChI=1S/C18H14FN3O2/c1-2-24-18(23)22-12-16-8-13(5-6-17(16)19)3-4-14-7-15(9-20)11-21-10-14/h5-8,10-11H,2,12H2,1H3,(H,22,23). The highest BCUT2D eigenvalue weighted by Crippen LogP contribution is 2.10. The molecular formula is C18H14FN3O2. The molecule has 120 valence electrons. The van der Waals surface area contributed by atoms with E-state index in [0.717, 1.165) is 0 Å². The fourth-order valence-corrected chi connectivity index (χ4v) is 1.85. The number of ether oxygens (including phenoxy) is 1. The summed E-state index contributed by atoms with van der Waals surface area (Å²) in [6.45, 7) is 1.94. The third kappa shape index (κ3) is 4.82. The van der Waals surface area contributed by atoms with E-state index >= 15 is 0 Å². The maximum atomic E-state index is 13.8. The molecule has 0 saturated carbocycles. The number of benzene rings is 1. The highest BCUT2D eigenvalue weighted by Gasteiger charge is 2.06. The van der Waals surface area contributed by atoms with Gasteiger partial charge in [0.15, 0.2) is 0 Å². The average Bonchev–Trinajstić information content (AvgIpc) is 2.60. The first-order chi connectivity index (χ1) is 11.6. The molecular weight excluding hydrogens is 309 g/mol. The first kappa shape index (κ1) is 17.0. The molecule has 0 radical (unpaired) electrons. The monoisotopic (exact) mass is 323 g/mol. The summed E-state index contributed by atoms with van der Waals surface area (Å²) in [6.07, 6.45) is 2.38. The number of hydrogen-bond donors (Lipinski definition) is 1. The van der Waals surface area contributed by atoms with Crippen molar-refractivity contribution in [3.8, 4) is 17.9 Å². The molecule has 1 aromatic heterocycles. The molecule has 0 aliphatic rings. The Morgan fingerprint density at radius 2 is 2.00 bits per heavy atom. The van der Waals surface area contributed by atoms with Crippen LogP contribution in [0, 0.1) is 29.0 Å². The zero-order valence-corrected chi connectivity index (χ0v) is 13.0. The molecule has 24 heavy (non-hydrogen) atoms. The Balaban J connectivity index is 2.15. The predicted molar refractivity (Wildman–Crippen MR) is 85.2 cm³/mol. The summed E-state index contributed by atoms with van der Waals surface area (Å²) in [5.41, 5.74) is 1.89. The molecule has 0 spiro atoms. The van der Waals surface area contributed by atoms with Crippen molar-refractivity contribution < 1.29 is 13.9 Å². The molecule has 5 nitrogen and oxygen atoms in total. The summed E-state index contributed by atoms with van der Waals surface area (Å²) in [5, 5.41) is 11.3. The largest absolute Gasteiger partial charge is 0.450 e. The van der Waals surface area contributed by atoms with Gasteiger partial charge in [0.1, 0.15) is 11.9 Å². The van der Waals surface area contributed by atoms with Crippen LogP contribution in [-0.2, 0) is 11.3 Å². The molecule has 1 amide bonds. The van der Waals surface area contributed by atoms with Gasteiger partial charge in [-0.3, -0.25) is 4.98 Å². The summed E-state index contributed by atoms with van der Waals surface area (Å²) >= 11 is 0. The zero-order valence-electron chi connectivity index (χ0n) is 13.0. The fourth-order valence-electron chi connectivity index (χ4n) is 1.85. The second-order valence-electron chi connectivity index (χ2n) is 4.70. The quantitative estimate of drug-likeness (QED) is 0.881. The van der Waals surface area contributed by atoms with Crippen molar-refractivity contribution in [3.63, 3.8) is 0 Å². The second-order valence-corrected chi connectivity index (χ2v) is 4.70. The summed E-state index contributed by atoms with van der Waals surface area (Å²) in [7, 11) is 0. The molecule has 1 N–H and O–H groups in total. The number of pyridine rings is 1. The lowest BCUT2D eigenvalue weighted by Gasteiger charge is -2.06. The van der Waals surface area contributed by atoms with E-state index in [1.54, 1.807) is 25.3 Å². The molecule has 0 aliphatic carbocycles. The van der Waals surface area contributed by atoms with E-state index in [9.17, 15) is 9.18 Å². The number of amides is 1. The van der Waals surface area contributed by atoms with E-state index in [-0.39, 0.29) is 13.2 Å². The fraction of sp³-hybridized carbons (Fsp3) is 0.167. The molecule has 0 fully saturated rings. The van der Waals surface area contributed by atoms with Gasteiger partial charge in [-0.05, 0) is 31.2 Å². The summed E-state index contributed by atoms with van der Waals surface area (Å²) in [4.78, 5) is 15.2. The molecule has 2 aromatic rings. The molecule has 6 heteroatoms. The minimum absolute atomic E-state index is 0.00561. The van der Waals surface area contributed by atoms with Crippen LogP contribution >= 0.6 is 0 Å². The van der Waals surface area contributed by atoms with E-state index in [0.29, 0.717) is 22.3 Å². The Bertz CT molecular complexity index is 847. The van der Waals surface area contributed by atoms with Gasteiger partial charge in [0.05, 0.1) is 12.2 Å². The van der Waals surface area contributed by atoms with Crippen molar-refractivity contribution in [3.05, 3.63) is 64.7 Å². The number of carbonyl (C=O) groups excluding carboxylic acids is 1. The Labute approximate surface area is 139 Å². The molecule has 0 saturated heterocycles. The Hall–Kier alpha value is -3.38. The maximum absolute atomic E-state index is 13.8. The Morgan fingerprint density at radius 1 is 1.25 bits per heavy atom. The van der Waals surface area contributed by atoms with E-state index in [4.69, 9.17) is 10.00 Å². The summed E-state index contributed by atoms with van der Waals surface area (Å²) < 4.78 is 18.5. The molecule has 2 rings (SSSR count). The number of hydrogen-bond acceptors (Lipinski definition) is 4. The number of nitriles is 1. The first-order valence-electron chi connectivity index (χ1n) is 7.18. The van der Waals surface area contributed by atoms with Crippen molar-refractivity contribution in [1.82, 2.24) is 10.3 Å². The minimum Gasteiger partial charge on any atom is -0.450 e. The molecule has 1 heterocycles. The van der Waals surface area contributed by atoms with Gasteiger partial charge in [-0.1, -0.05) is 11.8 Å². The number of nitrogens with zero attached hydrogens (tertiary/aromatic N) is 2. The predicted octanol–water partition coefficient (Wildman–Crippen LogP) is 2.74. The van der Waals surface area contributed by atoms with Crippen LogP contribution < -0.4 is 5.32 Å². The number of aromatic nitrogens is 1. The lowest BCUT2D eigenvalue weighted by atomic mass is 10.1. The smallest absolute Gasteiger partial charge is 0.407 e. The average molecular weight is 323 g/mol. The highest BCUT2D eigenvalue weighted by atomic mass is 19.1. The van der Waals surface area contributed by atoms with E-state index in [1.807, 2.05) is 6.07 Å². The third-order valence-corrected chi connectivity index (χ3v) is 2.96. The first-order valence-corrected chi connectivity index (χ1v) is 7.18. The lowest BCUT2D eigenvalue weighted by molar-refractivity contribution is 0.151. The lowest BCUT2D eigenvalue weighted by Crippen LogP contribution is -2.24. The Kier molecular flexibility index (Phi) is 5.88. The van der Waals surface area contributed by atoms with Crippen LogP contribution in [-0.4, -0.2) is 17.7 Å². The summed E-state index contributed by atoms with van der Waals surface area (Å²) in [5.74, 6) is 5.31. The molecule has 0 unspecified atom stereocenters. The van der Waals surface area contributed by atoms with Crippen molar-refractivity contribution >= 4 is 6.09 Å². The van der Waals surface area contributed by atoms with Gasteiger partial charge in [-0.2, -0.15) is 5.26 Å². The maximum Gasteiger partial charge on any atom is 0.407 e. The van der Waals surface area contributed by atoms with Crippen LogP contribution in [0.25, 0.3) is 0 Å². The normalized spacial score (nSPS) is 9.38.